The van der Waals surface area contributed by atoms with Crippen LogP contribution in [0.4, 0.5) is 5.69 Å². The quantitative estimate of drug-likeness (QED) is 0.562. The summed E-state index contributed by atoms with van der Waals surface area (Å²) in [6.45, 7) is 2.07. The van der Waals surface area contributed by atoms with Gasteiger partial charge in [0.15, 0.2) is 0 Å². The van der Waals surface area contributed by atoms with Crippen LogP contribution >= 0.6 is 22.9 Å². The monoisotopic (exact) mass is 301 g/mol. The smallest absolute Gasteiger partial charge is 0.0738 e. The number of aromatic nitrogens is 1. The highest BCUT2D eigenvalue weighted by Crippen LogP contribution is 2.24. The van der Waals surface area contributed by atoms with Crippen LogP contribution in [0.2, 0.25) is 5.02 Å². The van der Waals surface area contributed by atoms with Crippen molar-refractivity contribution in [2.24, 2.45) is 5.10 Å². The molecule has 3 rings (SSSR count). The standard InChI is InChI=1S/C15H12ClN3S/c1-10-5-7-20-15(10)9-18-19-13-4-6-17-14-8-11(16)2-3-12(13)14/h2-9H,1H3,(H,17,19)/b18-9+. The van der Waals surface area contributed by atoms with Crippen molar-refractivity contribution in [1.29, 1.82) is 0 Å². The van der Waals surface area contributed by atoms with E-state index in [2.05, 4.69) is 33.9 Å². The van der Waals surface area contributed by atoms with Crippen molar-refractivity contribution >= 4 is 45.7 Å². The second kappa shape index (κ2) is 5.61. The van der Waals surface area contributed by atoms with Gasteiger partial charge in [-0.25, -0.2) is 0 Å². The molecule has 0 aliphatic rings. The third kappa shape index (κ3) is 2.66. The molecular formula is C15H12ClN3S. The van der Waals surface area contributed by atoms with Crippen molar-refractivity contribution in [2.45, 2.75) is 6.92 Å². The van der Waals surface area contributed by atoms with Crippen LogP contribution in [-0.4, -0.2) is 11.2 Å². The maximum atomic E-state index is 5.97. The minimum atomic E-state index is 0.680. The molecule has 2 heterocycles. The van der Waals surface area contributed by atoms with E-state index in [9.17, 15) is 0 Å². The number of pyridine rings is 1. The van der Waals surface area contributed by atoms with E-state index in [0.717, 1.165) is 21.5 Å². The summed E-state index contributed by atoms with van der Waals surface area (Å²) < 4.78 is 0. The molecule has 0 amide bonds. The molecule has 3 nitrogen and oxygen atoms in total. The highest BCUT2D eigenvalue weighted by molar-refractivity contribution is 7.11. The van der Waals surface area contributed by atoms with E-state index in [0.29, 0.717) is 5.02 Å². The molecule has 0 atom stereocenters. The number of nitrogens with zero attached hydrogens (tertiary/aromatic N) is 2. The molecule has 100 valence electrons. The van der Waals surface area contributed by atoms with Crippen molar-refractivity contribution in [3.8, 4) is 0 Å². The van der Waals surface area contributed by atoms with Gasteiger partial charge in [-0.1, -0.05) is 11.6 Å². The lowest BCUT2D eigenvalue weighted by atomic mass is 10.2. The first-order chi connectivity index (χ1) is 9.74. The second-order valence-electron chi connectivity index (χ2n) is 4.36. The van der Waals surface area contributed by atoms with E-state index in [-0.39, 0.29) is 0 Å². The molecule has 1 aromatic carbocycles. The Morgan fingerprint density at radius 1 is 1.30 bits per heavy atom. The van der Waals surface area contributed by atoms with Crippen molar-refractivity contribution in [3.63, 3.8) is 0 Å². The maximum absolute atomic E-state index is 5.97. The number of fused-ring (bicyclic) bond motifs is 1. The van der Waals surface area contributed by atoms with Crippen LogP contribution in [-0.2, 0) is 0 Å². The molecule has 0 spiro atoms. The number of anilines is 1. The summed E-state index contributed by atoms with van der Waals surface area (Å²) in [6.07, 6.45) is 3.58. The van der Waals surface area contributed by atoms with Crippen LogP contribution in [0.5, 0.6) is 0 Å². The highest BCUT2D eigenvalue weighted by atomic mass is 35.5. The Morgan fingerprint density at radius 3 is 3.00 bits per heavy atom. The van der Waals surface area contributed by atoms with Crippen molar-refractivity contribution < 1.29 is 0 Å². The fourth-order valence-electron chi connectivity index (χ4n) is 1.90. The zero-order valence-electron chi connectivity index (χ0n) is 10.8. The third-order valence-electron chi connectivity index (χ3n) is 2.97. The predicted octanol–water partition coefficient (Wildman–Crippen LogP) is 4.70. The van der Waals surface area contributed by atoms with E-state index >= 15 is 0 Å². The van der Waals surface area contributed by atoms with Gasteiger partial charge in [0.2, 0.25) is 0 Å². The molecule has 0 aliphatic heterocycles. The van der Waals surface area contributed by atoms with Crippen LogP contribution in [0.1, 0.15) is 10.4 Å². The van der Waals surface area contributed by atoms with Gasteiger partial charge in [0.25, 0.3) is 0 Å². The summed E-state index contributed by atoms with van der Waals surface area (Å²) in [7, 11) is 0. The number of nitrogens with one attached hydrogen (secondary N) is 1. The van der Waals surface area contributed by atoms with E-state index in [1.54, 1.807) is 17.5 Å². The van der Waals surface area contributed by atoms with Crippen molar-refractivity contribution in [1.82, 2.24) is 4.98 Å². The van der Waals surface area contributed by atoms with Gasteiger partial charge in [-0.15, -0.1) is 11.3 Å². The minimum Gasteiger partial charge on any atom is -0.278 e. The number of rotatable bonds is 3. The first kappa shape index (κ1) is 13.1. The first-order valence-electron chi connectivity index (χ1n) is 6.11. The molecule has 2 aromatic heterocycles. The molecule has 0 fully saturated rings. The Bertz CT molecular complexity index is 780. The molecule has 0 saturated carbocycles. The van der Waals surface area contributed by atoms with E-state index in [1.165, 1.54) is 5.56 Å². The van der Waals surface area contributed by atoms with Crippen molar-refractivity contribution in [3.05, 3.63) is 57.4 Å². The molecule has 0 unspecified atom stereocenters. The molecule has 20 heavy (non-hydrogen) atoms. The predicted molar refractivity (Wildman–Crippen MR) is 87.0 cm³/mol. The third-order valence-corrected chi connectivity index (χ3v) is 4.16. The molecule has 3 aromatic rings. The molecule has 0 aliphatic carbocycles. The largest absolute Gasteiger partial charge is 0.278 e. The highest BCUT2D eigenvalue weighted by Gasteiger charge is 2.01. The molecular weight excluding hydrogens is 290 g/mol. The molecule has 0 saturated heterocycles. The molecule has 1 N–H and O–H groups in total. The Hall–Kier alpha value is -1.91. The lowest BCUT2D eigenvalue weighted by molar-refractivity contribution is 1.33. The summed E-state index contributed by atoms with van der Waals surface area (Å²) in [5.74, 6) is 0. The zero-order valence-corrected chi connectivity index (χ0v) is 12.4. The minimum absolute atomic E-state index is 0.680. The van der Waals surface area contributed by atoms with E-state index in [1.807, 2.05) is 30.5 Å². The Labute approximate surface area is 125 Å². The first-order valence-corrected chi connectivity index (χ1v) is 7.37. The van der Waals surface area contributed by atoms with Crippen LogP contribution in [0.3, 0.4) is 0 Å². The summed E-state index contributed by atoms with van der Waals surface area (Å²) in [6, 6.07) is 9.61. The Balaban J connectivity index is 1.88. The number of halogens is 1. The average Bonchev–Trinajstić information content (AvgIpc) is 2.84. The topological polar surface area (TPSA) is 37.3 Å². The lowest BCUT2D eigenvalue weighted by Crippen LogP contribution is -1.92. The van der Waals surface area contributed by atoms with Crippen molar-refractivity contribution in [2.75, 3.05) is 5.43 Å². The number of benzene rings is 1. The van der Waals surface area contributed by atoms with E-state index < -0.39 is 0 Å². The number of hydrogen-bond acceptors (Lipinski definition) is 4. The van der Waals surface area contributed by atoms with Gasteiger partial charge < -0.3 is 0 Å². The summed E-state index contributed by atoms with van der Waals surface area (Å²) in [4.78, 5) is 5.45. The van der Waals surface area contributed by atoms with Gasteiger partial charge >= 0.3 is 0 Å². The number of hydrazone groups is 1. The van der Waals surface area contributed by atoms with Crippen LogP contribution in [0.25, 0.3) is 10.9 Å². The Morgan fingerprint density at radius 2 is 2.20 bits per heavy atom. The fraction of sp³-hybridized carbons (Fsp3) is 0.0667. The average molecular weight is 302 g/mol. The lowest BCUT2D eigenvalue weighted by Gasteiger charge is -2.05. The van der Waals surface area contributed by atoms with Crippen LogP contribution in [0, 0.1) is 6.92 Å². The second-order valence-corrected chi connectivity index (χ2v) is 5.74. The number of thiophene rings is 1. The SMILES string of the molecule is Cc1ccsc1/C=N/Nc1ccnc2cc(Cl)ccc12. The molecule has 0 radical (unpaired) electrons. The van der Waals surface area contributed by atoms with Crippen LogP contribution < -0.4 is 5.43 Å². The molecule has 0 bridgehead atoms. The Kier molecular flexibility index (Phi) is 3.67. The number of hydrogen-bond donors (Lipinski definition) is 1. The van der Waals surface area contributed by atoms with Gasteiger partial charge in [0, 0.05) is 21.5 Å². The normalized spacial score (nSPS) is 11.3. The van der Waals surface area contributed by atoms with Gasteiger partial charge in [0.1, 0.15) is 0 Å². The fourth-order valence-corrected chi connectivity index (χ4v) is 2.85. The van der Waals surface area contributed by atoms with Gasteiger partial charge in [0.05, 0.1) is 17.4 Å². The van der Waals surface area contributed by atoms with Crippen LogP contribution in [0.15, 0.2) is 47.0 Å². The number of aryl methyl sites for hydroxylation is 1. The van der Waals surface area contributed by atoms with E-state index in [4.69, 9.17) is 11.6 Å². The summed E-state index contributed by atoms with van der Waals surface area (Å²) >= 11 is 7.64. The van der Waals surface area contributed by atoms with Gasteiger partial charge in [-0.05, 0) is 48.2 Å². The summed E-state index contributed by atoms with van der Waals surface area (Å²) in [5.41, 5.74) is 6.06. The maximum Gasteiger partial charge on any atom is 0.0738 e. The van der Waals surface area contributed by atoms with Gasteiger partial charge in [-0.3, -0.25) is 10.4 Å². The molecule has 5 heteroatoms. The zero-order chi connectivity index (χ0) is 13.9. The summed E-state index contributed by atoms with van der Waals surface area (Å²) in [5, 5.41) is 8.03. The van der Waals surface area contributed by atoms with Gasteiger partial charge in [-0.2, -0.15) is 5.10 Å².